The van der Waals surface area contributed by atoms with Gasteiger partial charge >= 0.3 is 5.97 Å². The minimum absolute atomic E-state index is 0.308. The van der Waals surface area contributed by atoms with Gasteiger partial charge in [-0.25, -0.2) is 0 Å². The normalized spacial score (nSPS) is 18.3. The smallest absolute Gasteiger partial charge is 0.325 e. The van der Waals surface area contributed by atoms with Crippen LogP contribution in [0.4, 0.5) is 0 Å². The van der Waals surface area contributed by atoms with Crippen LogP contribution in [0.25, 0.3) is 0 Å². The highest BCUT2D eigenvalue weighted by Crippen LogP contribution is 2.32. The van der Waals surface area contributed by atoms with Crippen molar-refractivity contribution in [1.82, 2.24) is 5.32 Å². The summed E-state index contributed by atoms with van der Waals surface area (Å²) in [4.78, 5) is 11.3. The number of carboxylic acids is 1. The zero-order chi connectivity index (χ0) is 13.1. The number of hydrogen-bond donors (Lipinski definition) is 3. The Morgan fingerprint density at radius 1 is 1.44 bits per heavy atom. The fourth-order valence-electron chi connectivity index (χ4n) is 1.93. The summed E-state index contributed by atoms with van der Waals surface area (Å²) in [6.45, 7) is 0.308. The molecule has 4 nitrogen and oxygen atoms in total. The van der Waals surface area contributed by atoms with E-state index >= 15 is 0 Å². The van der Waals surface area contributed by atoms with Crippen LogP contribution in [0.5, 0.6) is 0 Å². The van der Waals surface area contributed by atoms with E-state index in [1.807, 2.05) is 12.1 Å². The number of carboxylic acid groups (broad SMARTS) is 1. The average Bonchev–Trinajstić information content (AvgIpc) is 3.15. The van der Waals surface area contributed by atoms with Crippen LogP contribution in [0.15, 0.2) is 28.7 Å². The first kappa shape index (κ1) is 13.5. The summed E-state index contributed by atoms with van der Waals surface area (Å²) < 4.78 is 0.755. The Labute approximate surface area is 114 Å². The number of halogens is 1. The van der Waals surface area contributed by atoms with Crippen LogP contribution >= 0.6 is 15.9 Å². The highest BCUT2D eigenvalue weighted by atomic mass is 79.9. The molecule has 2 unspecified atom stereocenters. The standard InChI is InChI=1S/C13H16BrNO3/c14-10-4-2-1-3-9(10)12(13(17)18)15-7-11(16)8-5-6-8/h1-4,8,11-12,15-16H,5-7H2,(H,17,18). The van der Waals surface area contributed by atoms with E-state index in [-0.39, 0.29) is 0 Å². The Balaban J connectivity index is 2.03. The van der Waals surface area contributed by atoms with Crippen LogP contribution in [0.1, 0.15) is 24.4 Å². The number of rotatable bonds is 6. The van der Waals surface area contributed by atoms with E-state index in [0.29, 0.717) is 18.0 Å². The maximum atomic E-state index is 11.3. The molecule has 1 aliphatic rings. The Morgan fingerprint density at radius 2 is 2.11 bits per heavy atom. The number of aliphatic hydroxyl groups is 1. The maximum Gasteiger partial charge on any atom is 0.325 e. The molecule has 5 heteroatoms. The van der Waals surface area contributed by atoms with Gasteiger partial charge in [0.05, 0.1) is 6.10 Å². The van der Waals surface area contributed by atoms with Gasteiger partial charge in [-0.15, -0.1) is 0 Å². The van der Waals surface area contributed by atoms with Crippen molar-refractivity contribution >= 4 is 21.9 Å². The van der Waals surface area contributed by atoms with E-state index in [0.717, 1.165) is 17.3 Å². The van der Waals surface area contributed by atoms with Crippen molar-refractivity contribution in [2.24, 2.45) is 5.92 Å². The third-order valence-electron chi connectivity index (χ3n) is 3.16. The molecule has 1 saturated carbocycles. The van der Waals surface area contributed by atoms with Gasteiger partial charge in [0.25, 0.3) is 0 Å². The number of benzene rings is 1. The molecule has 18 heavy (non-hydrogen) atoms. The van der Waals surface area contributed by atoms with Crippen molar-refractivity contribution in [2.75, 3.05) is 6.54 Å². The second kappa shape index (κ2) is 5.82. The average molecular weight is 314 g/mol. The first-order valence-corrected chi connectivity index (χ1v) is 6.77. The lowest BCUT2D eigenvalue weighted by Crippen LogP contribution is -2.35. The fourth-order valence-corrected chi connectivity index (χ4v) is 2.44. The van der Waals surface area contributed by atoms with Crippen LogP contribution in [0.2, 0.25) is 0 Å². The molecule has 1 aromatic carbocycles. The number of aliphatic hydroxyl groups excluding tert-OH is 1. The zero-order valence-electron chi connectivity index (χ0n) is 9.84. The van der Waals surface area contributed by atoms with Crippen molar-refractivity contribution in [2.45, 2.75) is 25.0 Å². The van der Waals surface area contributed by atoms with E-state index in [1.54, 1.807) is 12.1 Å². The number of hydrogen-bond acceptors (Lipinski definition) is 3. The zero-order valence-corrected chi connectivity index (χ0v) is 11.4. The lowest BCUT2D eigenvalue weighted by molar-refractivity contribution is -0.139. The SMILES string of the molecule is O=C(O)C(NCC(O)C1CC1)c1ccccc1Br. The molecule has 3 N–H and O–H groups in total. The summed E-state index contributed by atoms with van der Waals surface area (Å²) in [7, 11) is 0. The second-order valence-electron chi connectivity index (χ2n) is 4.61. The molecule has 0 spiro atoms. The molecule has 0 radical (unpaired) electrons. The lowest BCUT2D eigenvalue weighted by Gasteiger charge is -2.18. The topological polar surface area (TPSA) is 69.6 Å². The third kappa shape index (κ3) is 3.31. The van der Waals surface area contributed by atoms with Gasteiger partial charge in [-0.2, -0.15) is 0 Å². The molecule has 0 heterocycles. The van der Waals surface area contributed by atoms with Gasteiger partial charge in [0, 0.05) is 11.0 Å². The number of carbonyl (C=O) groups is 1. The van der Waals surface area contributed by atoms with E-state index in [9.17, 15) is 15.0 Å². The minimum atomic E-state index is -0.940. The molecule has 0 saturated heterocycles. The van der Waals surface area contributed by atoms with Gasteiger partial charge in [0.2, 0.25) is 0 Å². The predicted octanol–water partition coefficient (Wildman–Crippen LogP) is 1.94. The number of nitrogens with one attached hydrogen (secondary N) is 1. The molecular formula is C13H16BrNO3. The largest absolute Gasteiger partial charge is 0.480 e. The molecule has 98 valence electrons. The van der Waals surface area contributed by atoms with Gasteiger partial charge < -0.3 is 10.2 Å². The quantitative estimate of drug-likeness (QED) is 0.750. The van der Waals surface area contributed by atoms with E-state index in [4.69, 9.17) is 0 Å². The molecule has 0 aromatic heterocycles. The van der Waals surface area contributed by atoms with Crippen molar-refractivity contribution in [1.29, 1.82) is 0 Å². The Bertz CT molecular complexity index is 434. The Hall–Kier alpha value is -0.910. The van der Waals surface area contributed by atoms with E-state index < -0.39 is 18.1 Å². The number of aliphatic carboxylic acids is 1. The molecule has 0 bridgehead atoms. The van der Waals surface area contributed by atoms with Crippen LogP contribution < -0.4 is 5.32 Å². The summed E-state index contributed by atoms with van der Waals surface area (Å²) >= 11 is 3.35. The third-order valence-corrected chi connectivity index (χ3v) is 3.88. The minimum Gasteiger partial charge on any atom is -0.480 e. The van der Waals surface area contributed by atoms with Crippen LogP contribution in [-0.2, 0) is 4.79 Å². The molecular weight excluding hydrogens is 298 g/mol. The maximum absolute atomic E-state index is 11.3. The van der Waals surface area contributed by atoms with Crippen LogP contribution in [0, 0.1) is 5.92 Å². The lowest BCUT2D eigenvalue weighted by atomic mass is 10.1. The summed E-state index contributed by atoms with van der Waals surface area (Å²) in [6, 6.07) is 6.42. The van der Waals surface area contributed by atoms with Gasteiger partial charge in [0.15, 0.2) is 0 Å². The highest BCUT2D eigenvalue weighted by molar-refractivity contribution is 9.10. The predicted molar refractivity (Wildman–Crippen MR) is 71.3 cm³/mol. The van der Waals surface area contributed by atoms with Crippen molar-refractivity contribution in [3.63, 3.8) is 0 Å². The Morgan fingerprint density at radius 3 is 2.67 bits per heavy atom. The van der Waals surface area contributed by atoms with Gasteiger partial charge in [0.1, 0.15) is 6.04 Å². The summed E-state index contributed by atoms with van der Waals surface area (Å²) in [5, 5.41) is 21.9. The molecule has 0 aliphatic heterocycles. The fraction of sp³-hybridized carbons (Fsp3) is 0.462. The Kier molecular flexibility index (Phi) is 4.37. The summed E-state index contributed by atoms with van der Waals surface area (Å²) in [5.74, 6) is -0.601. The molecule has 1 fully saturated rings. The van der Waals surface area contributed by atoms with Crippen molar-refractivity contribution in [3.05, 3.63) is 34.3 Å². The second-order valence-corrected chi connectivity index (χ2v) is 5.46. The monoisotopic (exact) mass is 313 g/mol. The van der Waals surface area contributed by atoms with Gasteiger partial charge in [-0.05, 0) is 30.4 Å². The van der Waals surface area contributed by atoms with E-state index in [1.165, 1.54) is 0 Å². The van der Waals surface area contributed by atoms with Crippen molar-refractivity contribution in [3.8, 4) is 0 Å². The summed E-state index contributed by atoms with van der Waals surface area (Å²) in [5.41, 5.74) is 0.674. The molecule has 2 rings (SSSR count). The first-order chi connectivity index (χ1) is 8.59. The van der Waals surface area contributed by atoms with Crippen LogP contribution in [-0.4, -0.2) is 28.8 Å². The first-order valence-electron chi connectivity index (χ1n) is 5.98. The molecule has 1 aromatic rings. The van der Waals surface area contributed by atoms with Crippen LogP contribution in [0.3, 0.4) is 0 Å². The molecule has 1 aliphatic carbocycles. The van der Waals surface area contributed by atoms with Gasteiger partial charge in [-0.1, -0.05) is 34.1 Å². The van der Waals surface area contributed by atoms with E-state index in [2.05, 4.69) is 21.2 Å². The van der Waals surface area contributed by atoms with Gasteiger partial charge in [-0.3, -0.25) is 10.1 Å². The molecule has 2 atom stereocenters. The highest BCUT2D eigenvalue weighted by Gasteiger charge is 2.31. The van der Waals surface area contributed by atoms with Crippen molar-refractivity contribution < 1.29 is 15.0 Å². The summed E-state index contributed by atoms with van der Waals surface area (Å²) in [6.07, 6.45) is 1.62. The molecule has 0 amide bonds.